The lowest BCUT2D eigenvalue weighted by molar-refractivity contribution is 0.585. The number of benzene rings is 1. The summed E-state index contributed by atoms with van der Waals surface area (Å²) >= 11 is 3.37. The second-order valence-corrected chi connectivity index (χ2v) is 6.10. The van der Waals surface area contributed by atoms with Crippen LogP contribution >= 0.6 is 15.9 Å². The number of aryl methyl sites for hydroxylation is 2. The number of hydrogen-bond acceptors (Lipinski definition) is 2. The molecule has 1 rings (SSSR count). The first kappa shape index (κ1) is 13.4. The molecule has 0 aliphatic heterocycles. The highest BCUT2D eigenvalue weighted by molar-refractivity contribution is 9.10. The summed E-state index contributed by atoms with van der Waals surface area (Å²) in [5.41, 5.74) is 1.61. The van der Waals surface area contributed by atoms with Crippen molar-refractivity contribution in [1.82, 2.24) is 4.72 Å². The van der Waals surface area contributed by atoms with Crippen LogP contribution in [0.15, 0.2) is 34.2 Å². The van der Waals surface area contributed by atoms with Gasteiger partial charge in [-0.05, 0) is 37.1 Å². The molecule has 1 aromatic rings. The van der Waals surface area contributed by atoms with Gasteiger partial charge in [0.05, 0.1) is 4.90 Å². The Hall–Kier alpha value is -0.650. The van der Waals surface area contributed by atoms with Crippen molar-refractivity contribution in [3.8, 4) is 0 Å². The maximum atomic E-state index is 11.9. The Balaban J connectivity index is 3.23. The lowest BCUT2D eigenvalue weighted by Gasteiger charge is -2.10. The number of nitrogens with one attached hydrogen (secondary N) is 1. The molecule has 0 saturated heterocycles. The van der Waals surface area contributed by atoms with Crippen molar-refractivity contribution in [3.63, 3.8) is 0 Å². The van der Waals surface area contributed by atoms with Crippen molar-refractivity contribution in [2.24, 2.45) is 0 Å². The molecule has 0 spiro atoms. The highest BCUT2D eigenvalue weighted by Gasteiger charge is 2.16. The third kappa shape index (κ3) is 2.93. The zero-order chi connectivity index (χ0) is 12.3. The van der Waals surface area contributed by atoms with Gasteiger partial charge in [-0.2, -0.15) is 0 Å². The fraction of sp³-hybridized carbons (Fsp3) is 0.273. The molecule has 0 atom stereocenters. The Kier molecular flexibility index (Phi) is 4.29. The van der Waals surface area contributed by atoms with E-state index < -0.39 is 10.0 Å². The zero-order valence-electron chi connectivity index (χ0n) is 9.25. The van der Waals surface area contributed by atoms with Crippen LogP contribution in [-0.4, -0.2) is 15.0 Å². The second kappa shape index (κ2) is 5.12. The van der Waals surface area contributed by atoms with E-state index in [2.05, 4.69) is 27.2 Å². The highest BCUT2D eigenvalue weighted by Crippen LogP contribution is 2.23. The maximum absolute atomic E-state index is 11.9. The quantitative estimate of drug-likeness (QED) is 0.869. The van der Waals surface area contributed by atoms with Crippen molar-refractivity contribution in [2.45, 2.75) is 18.7 Å². The Morgan fingerprint density at radius 2 is 2.00 bits per heavy atom. The summed E-state index contributed by atoms with van der Waals surface area (Å²) < 4.78 is 27.2. The Morgan fingerprint density at radius 1 is 1.38 bits per heavy atom. The lowest BCUT2D eigenvalue weighted by atomic mass is 10.2. The lowest BCUT2D eigenvalue weighted by Crippen LogP contribution is -2.24. The van der Waals surface area contributed by atoms with Gasteiger partial charge in [0.25, 0.3) is 0 Å². The van der Waals surface area contributed by atoms with Crippen LogP contribution in [0.1, 0.15) is 11.1 Å². The van der Waals surface area contributed by atoms with Crippen LogP contribution in [0.4, 0.5) is 0 Å². The molecule has 0 amide bonds. The topological polar surface area (TPSA) is 46.2 Å². The first-order valence-electron chi connectivity index (χ1n) is 4.76. The standard InChI is InChI=1S/C11H14BrNO2S/c1-4-5-13-16(14,15)11-7-8(2)10(12)6-9(11)3/h4,6-7,13H,1,5H2,2-3H3. The fourth-order valence-corrected chi connectivity index (χ4v) is 3.06. The van der Waals surface area contributed by atoms with Gasteiger partial charge in [-0.15, -0.1) is 6.58 Å². The Bertz CT molecular complexity index is 509. The van der Waals surface area contributed by atoms with Crippen LogP contribution in [0.2, 0.25) is 0 Å². The van der Waals surface area contributed by atoms with Crippen molar-refractivity contribution in [2.75, 3.05) is 6.54 Å². The van der Waals surface area contributed by atoms with E-state index in [1.807, 2.05) is 6.92 Å². The van der Waals surface area contributed by atoms with Crippen LogP contribution in [0.3, 0.4) is 0 Å². The molecule has 0 aromatic heterocycles. The molecule has 0 radical (unpaired) electrons. The van der Waals surface area contributed by atoms with Crippen LogP contribution < -0.4 is 4.72 Å². The van der Waals surface area contributed by atoms with Gasteiger partial charge in [-0.3, -0.25) is 0 Å². The largest absolute Gasteiger partial charge is 0.241 e. The number of sulfonamides is 1. The number of hydrogen-bond donors (Lipinski definition) is 1. The van der Waals surface area contributed by atoms with Crippen molar-refractivity contribution in [1.29, 1.82) is 0 Å². The van der Waals surface area contributed by atoms with Crippen molar-refractivity contribution >= 4 is 26.0 Å². The zero-order valence-corrected chi connectivity index (χ0v) is 11.7. The Morgan fingerprint density at radius 3 is 2.56 bits per heavy atom. The van der Waals surface area contributed by atoms with Gasteiger partial charge in [0.15, 0.2) is 0 Å². The molecule has 0 bridgehead atoms. The molecule has 5 heteroatoms. The predicted molar refractivity (Wildman–Crippen MR) is 69.0 cm³/mol. The molecule has 0 fully saturated rings. The third-order valence-electron chi connectivity index (χ3n) is 2.16. The average molecular weight is 304 g/mol. The van der Waals surface area contributed by atoms with E-state index in [1.54, 1.807) is 19.1 Å². The molecule has 16 heavy (non-hydrogen) atoms. The van der Waals surface area contributed by atoms with E-state index >= 15 is 0 Å². The van der Waals surface area contributed by atoms with Crippen molar-refractivity contribution < 1.29 is 8.42 Å². The van der Waals surface area contributed by atoms with Crippen molar-refractivity contribution in [3.05, 3.63) is 40.4 Å². The molecule has 3 nitrogen and oxygen atoms in total. The van der Waals surface area contributed by atoms with Gasteiger partial charge in [0.1, 0.15) is 0 Å². The van der Waals surface area contributed by atoms with Gasteiger partial charge in [0.2, 0.25) is 10.0 Å². The number of halogens is 1. The highest BCUT2D eigenvalue weighted by atomic mass is 79.9. The Labute approximate surface area is 105 Å². The fourth-order valence-electron chi connectivity index (χ4n) is 1.29. The van der Waals surface area contributed by atoms with E-state index in [9.17, 15) is 8.42 Å². The molecular weight excluding hydrogens is 290 g/mol. The van der Waals surface area contributed by atoms with E-state index in [0.29, 0.717) is 10.5 Å². The molecule has 1 N–H and O–H groups in total. The second-order valence-electron chi connectivity index (χ2n) is 3.51. The van der Waals surface area contributed by atoms with E-state index in [4.69, 9.17) is 0 Å². The predicted octanol–water partition coefficient (Wildman–Crippen LogP) is 2.53. The molecule has 0 heterocycles. The summed E-state index contributed by atoms with van der Waals surface area (Å²) in [6.07, 6.45) is 1.51. The SMILES string of the molecule is C=CCNS(=O)(=O)c1cc(C)c(Br)cc1C. The maximum Gasteiger partial charge on any atom is 0.241 e. The van der Waals surface area contributed by atoms with Crippen LogP contribution in [-0.2, 0) is 10.0 Å². The summed E-state index contributed by atoms with van der Waals surface area (Å²) in [6.45, 7) is 7.34. The normalized spacial score (nSPS) is 11.4. The molecule has 0 aliphatic rings. The minimum atomic E-state index is -3.43. The minimum absolute atomic E-state index is 0.233. The van der Waals surface area contributed by atoms with E-state index in [0.717, 1.165) is 10.0 Å². The van der Waals surface area contributed by atoms with E-state index in [-0.39, 0.29) is 6.54 Å². The van der Waals surface area contributed by atoms with Gasteiger partial charge in [-0.25, -0.2) is 13.1 Å². The third-order valence-corrected chi connectivity index (χ3v) is 4.58. The van der Waals surface area contributed by atoms with Gasteiger partial charge in [0, 0.05) is 11.0 Å². The summed E-state index contributed by atoms with van der Waals surface area (Å²) in [7, 11) is -3.43. The molecule has 1 aromatic carbocycles. The molecule has 0 saturated carbocycles. The summed E-state index contributed by atoms with van der Waals surface area (Å²) in [5.74, 6) is 0. The number of rotatable bonds is 4. The minimum Gasteiger partial charge on any atom is -0.207 e. The van der Waals surface area contributed by atoms with Gasteiger partial charge in [-0.1, -0.05) is 22.0 Å². The van der Waals surface area contributed by atoms with Gasteiger partial charge >= 0.3 is 0 Å². The van der Waals surface area contributed by atoms with Crippen LogP contribution in [0.5, 0.6) is 0 Å². The molecule has 0 aliphatic carbocycles. The smallest absolute Gasteiger partial charge is 0.207 e. The monoisotopic (exact) mass is 303 g/mol. The molecule has 0 unspecified atom stereocenters. The molecule has 88 valence electrons. The van der Waals surface area contributed by atoms with Crippen LogP contribution in [0, 0.1) is 13.8 Å². The summed E-state index contributed by atoms with van der Waals surface area (Å²) in [4.78, 5) is 0.315. The van der Waals surface area contributed by atoms with E-state index in [1.165, 1.54) is 6.08 Å². The summed E-state index contributed by atoms with van der Waals surface area (Å²) in [6, 6.07) is 3.46. The van der Waals surface area contributed by atoms with Crippen LogP contribution in [0.25, 0.3) is 0 Å². The average Bonchev–Trinajstić information content (AvgIpc) is 2.20. The molecular formula is C11H14BrNO2S. The first-order chi connectivity index (χ1) is 7.38. The summed E-state index contributed by atoms with van der Waals surface area (Å²) in [5, 5.41) is 0. The van der Waals surface area contributed by atoms with Gasteiger partial charge < -0.3 is 0 Å². The first-order valence-corrected chi connectivity index (χ1v) is 7.03.